The molecule has 4 saturated heterocycles. The van der Waals surface area contributed by atoms with Crippen molar-refractivity contribution in [3.8, 4) is 0 Å². The predicted molar refractivity (Wildman–Crippen MR) is 377 cm³/mol. The van der Waals surface area contributed by atoms with Gasteiger partial charge < -0.3 is 94.0 Å². The van der Waals surface area contributed by atoms with Gasteiger partial charge in [-0.25, -0.2) is 4.79 Å². The van der Waals surface area contributed by atoms with E-state index in [2.05, 4.69) is 47.9 Å². The monoisotopic (exact) mass is 1520 g/mol. The standard InChI is InChI=1S/C65H100N16O22S2/c1-3-4-19-68-65(103)74-46-38-105-104-37-45(60(98)72-44(32-51(86)87)59(97)69-41(56(66)94)14-8-9-20-67-49(83)33-76-23-25-77(34-52(88)89)27-29-79(36-54(92)93)30-28-78(26-24-76)35-53(90)91)73-58(96)43(31-40-12-6-5-7-13-40)71-57(95)42(17-18-50(84)85)70-62(100)55(39(2)82)75-61(99)47-15-10-21-80(47)64(102)48-16-11-22-81(48)63(46)101/h5-7,12-13,39,41-48,55,82H,3-4,8-11,14-38H2,1-2H3,(H2,66,94)(H,67,83)(H,69,97)(H,70,100)(H,71,95)(H,72,98)(H,73,96)(H,75,99)(H,84,85)(H,86,87)(H,88,89)(H,90,91)(H,92,93)(H2,68,74,103)/t39-,41+,42+,43+,44+,45+,46+,47+,48+,55+/m1/s1. The number of rotatable bonds is 30. The van der Waals surface area contributed by atoms with Crippen LogP contribution in [0.5, 0.6) is 0 Å². The number of aliphatic hydroxyl groups excluding tert-OH is 1. The van der Waals surface area contributed by atoms with Gasteiger partial charge in [-0.15, -0.1) is 0 Å². The predicted octanol–water partition coefficient (Wildman–Crippen LogP) is -5.05. The molecule has 10 atom stereocenters. The number of benzene rings is 1. The maximum absolute atomic E-state index is 14.9. The second-order valence-electron chi connectivity index (χ2n) is 26.0. The molecule has 1 aromatic rings. The fraction of sp³-hybridized carbons (Fsp3) is 0.662. The van der Waals surface area contributed by atoms with Crippen molar-refractivity contribution < 1.29 is 107 Å². The summed E-state index contributed by atoms with van der Waals surface area (Å²) in [6.45, 7) is 3.43. The molecule has 0 aromatic heterocycles. The molecule has 4 heterocycles. The highest BCUT2D eigenvalue weighted by atomic mass is 33.1. The van der Waals surface area contributed by atoms with Gasteiger partial charge in [0.05, 0.1) is 38.7 Å². The van der Waals surface area contributed by atoms with Gasteiger partial charge in [-0.2, -0.15) is 0 Å². The zero-order chi connectivity index (χ0) is 77.3. The minimum Gasteiger partial charge on any atom is -0.481 e. The Morgan fingerprint density at radius 1 is 0.571 bits per heavy atom. The van der Waals surface area contributed by atoms with Crippen LogP contribution in [0.3, 0.4) is 0 Å². The maximum Gasteiger partial charge on any atom is 0.317 e. The van der Waals surface area contributed by atoms with Crippen molar-refractivity contribution in [2.45, 2.75) is 158 Å². The third kappa shape index (κ3) is 30.6. The molecule has 12 amide bonds. The Morgan fingerprint density at radius 3 is 1.65 bits per heavy atom. The summed E-state index contributed by atoms with van der Waals surface area (Å²) in [4.78, 5) is 224. The summed E-state index contributed by atoms with van der Waals surface area (Å²) in [6, 6.07) is -6.92. The second-order valence-corrected chi connectivity index (χ2v) is 28.6. The third-order valence-corrected chi connectivity index (χ3v) is 20.2. The molecule has 4 fully saturated rings. The van der Waals surface area contributed by atoms with Crippen LogP contribution in [0.25, 0.3) is 0 Å². The van der Waals surface area contributed by atoms with Crippen molar-refractivity contribution in [1.29, 1.82) is 0 Å². The van der Waals surface area contributed by atoms with Gasteiger partial charge in [0, 0.05) is 103 Å². The van der Waals surface area contributed by atoms with Gasteiger partial charge in [0.25, 0.3) is 0 Å². The average Bonchev–Trinajstić information content (AvgIpc) is 1.68. The summed E-state index contributed by atoms with van der Waals surface area (Å²) in [7, 11) is 1.79. The van der Waals surface area contributed by atoms with E-state index in [1.165, 1.54) is 9.80 Å². The van der Waals surface area contributed by atoms with Gasteiger partial charge in [-0.3, -0.25) is 91.5 Å². The lowest BCUT2D eigenvalue weighted by molar-refractivity contribution is -0.147. The third-order valence-electron chi connectivity index (χ3n) is 17.8. The Labute approximate surface area is 614 Å². The lowest BCUT2D eigenvalue weighted by Gasteiger charge is -2.33. The number of unbranched alkanes of at least 4 members (excludes halogenated alkanes) is 2. The first kappa shape index (κ1) is 86.7. The Balaban J connectivity index is 1.40. The number of aliphatic carboxylic acids is 5. The molecule has 1 aromatic carbocycles. The summed E-state index contributed by atoms with van der Waals surface area (Å²) in [5.74, 6) is -16.7. The summed E-state index contributed by atoms with van der Waals surface area (Å²) < 4.78 is 0. The first-order valence-electron chi connectivity index (χ1n) is 34.9. The molecular formula is C65H100N16O22S2. The van der Waals surface area contributed by atoms with Crippen molar-refractivity contribution in [2.24, 2.45) is 5.73 Å². The molecule has 4 aliphatic heterocycles. The molecule has 105 heavy (non-hydrogen) atoms. The highest BCUT2D eigenvalue weighted by Crippen LogP contribution is 2.29. The normalized spacial score (nSPS) is 23.1. The van der Waals surface area contributed by atoms with Crippen LogP contribution in [-0.2, 0) is 78.3 Å². The lowest BCUT2D eigenvalue weighted by atomic mass is 10.0. The minimum absolute atomic E-state index is 0.0207. The molecule has 0 aliphatic carbocycles. The number of hydrogen-bond acceptors (Lipinski definition) is 23. The number of carboxylic acids is 5. The van der Waals surface area contributed by atoms with Gasteiger partial charge in [0.15, 0.2) is 0 Å². The van der Waals surface area contributed by atoms with Gasteiger partial charge in [-0.1, -0.05) is 65.3 Å². The van der Waals surface area contributed by atoms with Crippen LogP contribution in [0.1, 0.15) is 96.5 Å². The minimum atomic E-state index is -1.99. The van der Waals surface area contributed by atoms with Crippen molar-refractivity contribution >= 4 is 117 Å². The maximum atomic E-state index is 14.9. The molecule has 0 spiro atoms. The number of urea groups is 1. The van der Waals surface area contributed by atoms with E-state index in [1.54, 1.807) is 49.9 Å². The van der Waals surface area contributed by atoms with Crippen LogP contribution in [0.15, 0.2) is 30.3 Å². The van der Waals surface area contributed by atoms with Crippen LogP contribution >= 0.6 is 21.6 Å². The van der Waals surface area contributed by atoms with E-state index >= 15 is 0 Å². The van der Waals surface area contributed by atoms with E-state index in [-0.39, 0.29) is 149 Å². The molecule has 4 aliphatic rings. The van der Waals surface area contributed by atoms with E-state index in [1.807, 2.05) is 6.92 Å². The number of carbonyl (C=O) groups excluding carboxylic acids is 11. The molecule has 17 N–H and O–H groups in total. The number of fused-ring (bicyclic) bond motifs is 2. The smallest absolute Gasteiger partial charge is 0.317 e. The Hall–Kier alpha value is -8.96. The van der Waals surface area contributed by atoms with E-state index in [0.717, 1.165) is 28.5 Å². The number of aliphatic hydroxyl groups is 1. The molecule has 40 heteroatoms. The van der Waals surface area contributed by atoms with Crippen LogP contribution in [-0.4, -0.2) is 332 Å². The first-order chi connectivity index (χ1) is 49.9. The topological polar surface area (TPSA) is 548 Å². The van der Waals surface area contributed by atoms with Crippen molar-refractivity contribution in [2.75, 3.05) is 116 Å². The number of nitrogens with one attached hydrogen (secondary N) is 9. The second kappa shape index (κ2) is 44.8. The zero-order valence-corrected chi connectivity index (χ0v) is 60.5. The summed E-state index contributed by atoms with van der Waals surface area (Å²) in [6.07, 6.45) is -2.09. The van der Waals surface area contributed by atoms with E-state index in [4.69, 9.17) is 5.73 Å². The number of primary amides is 1. The summed E-state index contributed by atoms with van der Waals surface area (Å²) >= 11 is 0. The fourth-order valence-corrected chi connectivity index (χ4v) is 14.5. The van der Waals surface area contributed by atoms with Crippen LogP contribution < -0.4 is 53.6 Å². The van der Waals surface area contributed by atoms with E-state index < -0.39 is 180 Å². The molecule has 5 rings (SSSR count). The average molecular weight is 1520 g/mol. The molecule has 38 nitrogen and oxygen atoms in total. The number of hydrogen-bond donors (Lipinski definition) is 16. The van der Waals surface area contributed by atoms with Crippen molar-refractivity contribution in [1.82, 2.24) is 77.3 Å². The first-order valence-corrected chi connectivity index (χ1v) is 37.4. The fourth-order valence-electron chi connectivity index (χ4n) is 12.2. The molecule has 0 radical (unpaired) electrons. The largest absolute Gasteiger partial charge is 0.481 e. The molecule has 0 unspecified atom stereocenters. The van der Waals surface area contributed by atoms with Crippen molar-refractivity contribution in [3.63, 3.8) is 0 Å². The van der Waals surface area contributed by atoms with E-state index in [0.29, 0.717) is 31.2 Å². The molecular weight excluding hydrogens is 1420 g/mol. The van der Waals surface area contributed by atoms with Gasteiger partial charge in [0.2, 0.25) is 59.1 Å². The van der Waals surface area contributed by atoms with Gasteiger partial charge in [0.1, 0.15) is 54.4 Å². The zero-order valence-electron chi connectivity index (χ0n) is 58.9. The number of carbonyl (C=O) groups is 16. The summed E-state index contributed by atoms with van der Waals surface area (Å²) in [5.41, 5.74) is 6.16. The molecule has 0 saturated carbocycles. The highest BCUT2D eigenvalue weighted by molar-refractivity contribution is 8.76. The lowest BCUT2D eigenvalue weighted by Crippen LogP contribution is -2.62. The summed E-state index contributed by atoms with van der Waals surface area (Å²) in [5, 5.41) is 82.3. The van der Waals surface area contributed by atoms with Gasteiger partial charge in [-0.05, 0) is 70.3 Å². The van der Waals surface area contributed by atoms with Crippen molar-refractivity contribution in [3.05, 3.63) is 35.9 Å². The number of amides is 12. The highest BCUT2D eigenvalue weighted by Gasteiger charge is 2.45. The van der Waals surface area contributed by atoms with E-state index in [9.17, 15) is 107 Å². The molecule has 0 bridgehead atoms. The SMILES string of the molecule is CCCCNC(=O)N[C@H]1CSSC[C@@H](C(=O)N[C@@H](CC(=O)O)C(=O)N[C@@H](CCCCNC(=O)CN2CCN(CC(=O)O)CCN(CC(=O)O)CCN(CC(=O)O)CC2)C(N)=O)NC(=O)[C@H](Cc2ccccc2)NC(=O)[C@H](CCC(=O)O)NC(=O)[C@H]([C@@H](C)O)NC(=O)[C@@H]2CCCN2C(=O)[C@@H]2CCCN2C1=O. The Bertz CT molecular complexity index is 3170. The quantitative estimate of drug-likeness (QED) is 0.0253. The Kier molecular flexibility index (Phi) is 36.9. The number of nitrogens with zero attached hydrogens (tertiary/aromatic N) is 6. The molecule has 584 valence electrons. The number of nitrogens with two attached hydrogens (primary N) is 1. The van der Waals surface area contributed by atoms with Crippen LogP contribution in [0.2, 0.25) is 0 Å². The van der Waals surface area contributed by atoms with Gasteiger partial charge >= 0.3 is 35.9 Å². The van der Waals surface area contributed by atoms with Crippen LogP contribution in [0, 0.1) is 0 Å². The Morgan fingerprint density at radius 2 is 1.10 bits per heavy atom. The number of carboxylic acid groups (broad SMARTS) is 5. The van der Waals surface area contributed by atoms with Crippen LogP contribution in [0.4, 0.5) is 4.79 Å².